The molecule has 0 saturated carbocycles. The Morgan fingerprint density at radius 2 is 2.12 bits per heavy atom. The van der Waals surface area contributed by atoms with E-state index in [0.717, 1.165) is 25.8 Å². The van der Waals surface area contributed by atoms with Gasteiger partial charge in [-0.05, 0) is 29.3 Å². The van der Waals surface area contributed by atoms with Crippen LogP contribution in [-0.2, 0) is 4.79 Å². The molecular formula is C13H17NOS. The molecule has 2 rings (SSSR count). The Morgan fingerprint density at radius 3 is 2.81 bits per heavy atom. The van der Waals surface area contributed by atoms with E-state index in [0.29, 0.717) is 0 Å². The SMILES string of the molecule is CCCCNC=O.c1ccc2sccc2c1. The fourth-order valence-corrected chi connectivity index (χ4v) is 2.03. The van der Waals surface area contributed by atoms with E-state index in [1.165, 1.54) is 10.1 Å². The quantitative estimate of drug-likeness (QED) is 0.638. The minimum atomic E-state index is 0.732. The zero-order valence-corrected chi connectivity index (χ0v) is 10.3. The van der Waals surface area contributed by atoms with Crippen molar-refractivity contribution >= 4 is 27.8 Å². The summed E-state index contributed by atoms with van der Waals surface area (Å²) in [5.41, 5.74) is 0. The lowest BCUT2D eigenvalue weighted by atomic mass is 10.3. The summed E-state index contributed by atoms with van der Waals surface area (Å²) in [6.45, 7) is 2.91. The number of amides is 1. The molecule has 0 bridgehead atoms. The van der Waals surface area contributed by atoms with Crippen LogP contribution in [0.4, 0.5) is 0 Å². The van der Waals surface area contributed by atoms with Gasteiger partial charge < -0.3 is 5.32 Å². The highest BCUT2D eigenvalue weighted by Gasteiger charge is 1.87. The molecule has 0 aliphatic rings. The zero-order valence-electron chi connectivity index (χ0n) is 9.48. The van der Waals surface area contributed by atoms with Crippen molar-refractivity contribution in [2.45, 2.75) is 19.8 Å². The van der Waals surface area contributed by atoms with Gasteiger partial charge in [-0.2, -0.15) is 0 Å². The first-order valence-corrected chi connectivity index (χ1v) is 6.35. The molecule has 1 amide bonds. The summed E-state index contributed by atoms with van der Waals surface area (Å²) in [5.74, 6) is 0. The molecule has 0 spiro atoms. The molecule has 0 atom stereocenters. The lowest BCUT2D eigenvalue weighted by molar-refractivity contribution is -0.109. The largest absolute Gasteiger partial charge is 0.359 e. The number of thiophene rings is 1. The Hall–Kier alpha value is -1.35. The van der Waals surface area contributed by atoms with E-state index in [-0.39, 0.29) is 0 Å². The number of carbonyl (C=O) groups is 1. The third-order valence-corrected chi connectivity index (χ3v) is 3.02. The van der Waals surface area contributed by atoms with Crippen molar-refractivity contribution in [1.82, 2.24) is 5.32 Å². The molecule has 3 heteroatoms. The van der Waals surface area contributed by atoms with E-state index in [2.05, 4.69) is 48.0 Å². The van der Waals surface area contributed by atoms with Gasteiger partial charge in [0.25, 0.3) is 0 Å². The zero-order chi connectivity index (χ0) is 11.6. The first-order valence-electron chi connectivity index (χ1n) is 5.47. The molecule has 1 heterocycles. The molecule has 1 N–H and O–H groups in total. The number of benzene rings is 1. The van der Waals surface area contributed by atoms with Crippen molar-refractivity contribution in [1.29, 1.82) is 0 Å². The molecular weight excluding hydrogens is 218 g/mol. The molecule has 0 aliphatic heterocycles. The fourth-order valence-electron chi connectivity index (χ4n) is 1.24. The first kappa shape index (κ1) is 12.7. The van der Waals surface area contributed by atoms with Crippen molar-refractivity contribution < 1.29 is 4.79 Å². The molecule has 1 aromatic heterocycles. The first-order chi connectivity index (χ1) is 7.88. The van der Waals surface area contributed by atoms with Crippen molar-refractivity contribution in [2.24, 2.45) is 0 Å². The van der Waals surface area contributed by atoms with Gasteiger partial charge in [-0.1, -0.05) is 31.5 Å². The average molecular weight is 235 g/mol. The summed E-state index contributed by atoms with van der Waals surface area (Å²) in [6, 6.07) is 10.5. The Kier molecular flexibility index (Phi) is 6.26. The molecule has 0 radical (unpaired) electrons. The van der Waals surface area contributed by atoms with Gasteiger partial charge in [0, 0.05) is 11.2 Å². The van der Waals surface area contributed by atoms with E-state index in [1.54, 1.807) is 11.3 Å². The summed E-state index contributed by atoms with van der Waals surface area (Å²) < 4.78 is 1.37. The minimum Gasteiger partial charge on any atom is -0.359 e. The van der Waals surface area contributed by atoms with Crippen LogP contribution in [0.25, 0.3) is 10.1 Å². The molecule has 0 unspecified atom stereocenters. The Balaban J connectivity index is 0.000000168. The fraction of sp³-hybridized carbons (Fsp3) is 0.308. The van der Waals surface area contributed by atoms with Crippen molar-refractivity contribution in [3.8, 4) is 0 Å². The molecule has 2 nitrogen and oxygen atoms in total. The van der Waals surface area contributed by atoms with E-state index in [9.17, 15) is 4.79 Å². The van der Waals surface area contributed by atoms with Crippen LogP contribution in [0.5, 0.6) is 0 Å². The third kappa shape index (κ3) is 4.45. The maximum absolute atomic E-state index is 9.57. The monoisotopic (exact) mass is 235 g/mol. The highest BCUT2D eigenvalue weighted by molar-refractivity contribution is 7.17. The van der Waals surface area contributed by atoms with Crippen LogP contribution >= 0.6 is 11.3 Å². The van der Waals surface area contributed by atoms with Gasteiger partial charge in [0.05, 0.1) is 0 Å². The van der Waals surface area contributed by atoms with Crippen molar-refractivity contribution in [3.63, 3.8) is 0 Å². The van der Waals surface area contributed by atoms with Crippen LogP contribution in [0.2, 0.25) is 0 Å². The van der Waals surface area contributed by atoms with E-state index in [4.69, 9.17) is 0 Å². The number of rotatable bonds is 4. The minimum absolute atomic E-state index is 0.732. The Bertz CT molecular complexity index is 381. The maximum atomic E-state index is 9.57. The van der Waals surface area contributed by atoms with Gasteiger partial charge in [0.15, 0.2) is 0 Å². The number of nitrogens with one attached hydrogen (secondary N) is 1. The lowest BCUT2D eigenvalue weighted by Crippen LogP contribution is -2.11. The number of hydrogen-bond donors (Lipinski definition) is 1. The molecule has 0 saturated heterocycles. The van der Waals surface area contributed by atoms with Gasteiger partial charge >= 0.3 is 0 Å². The van der Waals surface area contributed by atoms with Crippen LogP contribution in [0, 0.1) is 0 Å². The number of unbranched alkanes of at least 4 members (excludes halogenated alkanes) is 1. The van der Waals surface area contributed by atoms with Gasteiger partial charge in [-0.3, -0.25) is 4.79 Å². The second-order valence-corrected chi connectivity index (χ2v) is 4.33. The molecule has 16 heavy (non-hydrogen) atoms. The van der Waals surface area contributed by atoms with Gasteiger partial charge in [-0.15, -0.1) is 11.3 Å². The standard InChI is InChI=1S/C8H6S.C5H11NO/c1-2-4-8-7(3-1)5-6-9-8;1-2-3-4-6-5-7/h1-6H;5H,2-4H2,1H3,(H,6,7). The normalized spacial score (nSPS) is 9.31. The second kappa shape index (κ2) is 7.88. The summed E-state index contributed by atoms with van der Waals surface area (Å²) in [6.07, 6.45) is 2.95. The van der Waals surface area contributed by atoms with Crippen LogP contribution in [-0.4, -0.2) is 13.0 Å². The summed E-state index contributed by atoms with van der Waals surface area (Å²) >= 11 is 1.79. The van der Waals surface area contributed by atoms with Crippen molar-refractivity contribution in [2.75, 3.05) is 6.54 Å². The van der Waals surface area contributed by atoms with Crippen LogP contribution in [0.3, 0.4) is 0 Å². The molecule has 2 aromatic rings. The highest BCUT2D eigenvalue weighted by atomic mass is 32.1. The average Bonchev–Trinajstić information content (AvgIpc) is 2.78. The Labute approximate surface area is 100 Å². The lowest BCUT2D eigenvalue weighted by Gasteiger charge is -1.90. The summed E-state index contributed by atoms with van der Waals surface area (Å²) in [5, 5.41) is 6.03. The number of fused-ring (bicyclic) bond motifs is 1. The predicted octanol–water partition coefficient (Wildman–Crippen LogP) is 3.43. The summed E-state index contributed by atoms with van der Waals surface area (Å²) in [7, 11) is 0. The smallest absolute Gasteiger partial charge is 0.207 e. The number of hydrogen-bond acceptors (Lipinski definition) is 2. The molecule has 86 valence electrons. The topological polar surface area (TPSA) is 29.1 Å². The van der Waals surface area contributed by atoms with E-state index in [1.807, 2.05) is 0 Å². The highest BCUT2D eigenvalue weighted by Crippen LogP contribution is 2.18. The van der Waals surface area contributed by atoms with Gasteiger partial charge in [0.2, 0.25) is 6.41 Å². The van der Waals surface area contributed by atoms with Crippen LogP contribution in [0.1, 0.15) is 19.8 Å². The number of carbonyl (C=O) groups excluding carboxylic acids is 1. The Morgan fingerprint density at radius 1 is 1.31 bits per heavy atom. The second-order valence-electron chi connectivity index (χ2n) is 3.38. The molecule has 0 aliphatic carbocycles. The van der Waals surface area contributed by atoms with Crippen LogP contribution in [0.15, 0.2) is 35.7 Å². The third-order valence-electron chi connectivity index (χ3n) is 2.12. The predicted molar refractivity (Wildman–Crippen MR) is 70.8 cm³/mol. The van der Waals surface area contributed by atoms with E-state index < -0.39 is 0 Å². The van der Waals surface area contributed by atoms with Gasteiger partial charge in [0.1, 0.15) is 0 Å². The molecule has 1 aromatic carbocycles. The van der Waals surface area contributed by atoms with E-state index >= 15 is 0 Å². The van der Waals surface area contributed by atoms with Crippen LogP contribution < -0.4 is 5.32 Å². The van der Waals surface area contributed by atoms with Crippen molar-refractivity contribution in [3.05, 3.63) is 35.7 Å². The van der Waals surface area contributed by atoms with Gasteiger partial charge in [-0.25, -0.2) is 0 Å². The molecule has 0 fully saturated rings. The summed E-state index contributed by atoms with van der Waals surface area (Å²) in [4.78, 5) is 9.57. The maximum Gasteiger partial charge on any atom is 0.207 e.